The molecule has 0 amide bonds. The Kier molecular flexibility index (Phi) is 5.16. The number of halogens is 3. The molecule has 0 saturated carbocycles. The highest BCUT2D eigenvalue weighted by Gasteiger charge is 2.35. The third kappa shape index (κ3) is 3.66. The fourth-order valence-corrected chi connectivity index (χ4v) is 3.89. The van der Waals surface area contributed by atoms with Crippen molar-refractivity contribution < 1.29 is 23.0 Å². The number of aliphatic hydroxyl groups is 1. The molecule has 2 aliphatic rings. The summed E-state index contributed by atoms with van der Waals surface area (Å²) in [6.45, 7) is -0.00679. The van der Waals surface area contributed by atoms with Gasteiger partial charge in [-0.2, -0.15) is 13.2 Å². The molecule has 0 spiro atoms. The van der Waals surface area contributed by atoms with Gasteiger partial charge in [0.25, 0.3) is 0 Å². The Morgan fingerprint density at radius 3 is 2.54 bits per heavy atom. The van der Waals surface area contributed by atoms with Crippen LogP contribution in [-0.2, 0) is 10.9 Å². The van der Waals surface area contributed by atoms with Crippen molar-refractivity contribution >= 4 is 11.9 Å². The van der Waals surface area contributed by atoms with Gasteiger partial charge in [0.15, 0.2) is 0 Å². The first-order valence-corrected chi connectivity index (χ1v) is 9.28. The molecular weight excluding hydrogens is 371 g/mol. The maximum atomic E-state index is 12.9. The topological polar surface area (TPSA) is 67.6 Å². The van der Waals surface area contributed by atoms with Crippen LogP contribution in [-0.4, -0.2) is 40.1 Å². The molecular formula is C20H20F3N3O2. The van der Waals surface area contributed by atoms with Crippen molar-refractivity contribution in [3.8, 4) is 11.3 Å². The SMILES string of the molecule is OC[C@@H]1CCC([C@H]2CCC=Nc3c(-c4ccc(C(F)(F)F)cc4)ncnc32)O1. The van der Waals surface area contributed by atoms with Crippen LogP contribution in [0.2, 0.25) is 0 Å². The molecule has 3 heterocycles. The largest absolute Gasteiger partial charge is 0.416 e. The predicted molar refractivity (Wildman–Crippen MR) is 97.6 cm³/mol. The van der Waals surface area contributed by atoms with Crippen LogP contribution in [0.15, 0.2) is 35.6 Å². The molecule has 1 unspecified atom stereocenters. The lowest BCUT2D eigenvalue weighted by Crippen LogP contribution is -2.22. The van der Waals surface area contributed by atoms with E-state index in [1.54, 1.807) is 6.21 Å². The van der Waals surface area contributed by atoms with Gasteiger partial charge in [0, 0.05) is 17.7 Å². The highest BCUT2D eigenvalue weighted by Crippen LogP contribution is 2.42. The first kappa shape index (κ1) is 19.0. The summed E-state index contributed by atoms with van der Waals surface area (Å²) in [4.78, 5) is 13.3. The number of alkyl halides is 3. The van der Waals surface area contributed by atoms with E-state index < -0.39 is 11.7 Å². The lowest BCUT2D eigenvalue weighted by Gasteiger charge is -2.23. The number of hydrogen-bond acceptors (Lipinski definition) is 5. The van der Waals surface area contributed by atoms with Crippen molar-refractivity contribution in [3.05, 3.63) is 41.9 Å². The summed E-state index contributed by atoms with van der Waals surface area (Å²) in [7, 11) is 0. The van der Waals surface area contributed by atoms with Gasteiger partial charge in [-0.25, -0.2) is 9.97 Å². The van der Waals surface area contributed by atoms with E-state index in [1.807, 2.05) is 0 Å². The van der Waals surface area contributed by atoms with E-state index in [1.165, 1.54) is 18.5 Å². The molecule has 148 valence electrons. The van der Waals surface area contributed by atoms with Gasteiger partial charge in [-0.05, 0) is 37.8 Å². The minimum atomic E-state index is -4.38. The van der Waals surface area contributed by atoms with Crippen molar-refractivity contribution in [2.45, 2.75) is 50.0 Å². The first-order chi connectivity index (χ1) is 13.5. The number of fused-ring (bicyclic) bond motifs is 1. The lowest BCUT2D eigenvalue weighted by atomic mass is 9.90. The zero-order valence-corrected chi connectivity index (χ0v) is 15.1. The van der Waals surface area contributed by atoms with Crippen molar-refractivity contribution in [1.82, 2.24) is 9.97 Å². The second kappa shape index (κ2) is 7.60. The zero-order valence-electron chi connectivity index (χ0n) is 15.1. The smallest absolute Gasteiger partial charge is 0.394 e. The van der Waals surface area contributed by atoms with E-state index in [-0.39, 0.29) is 24.7 Å². The Morgan fingerprint density at radius 1 is 1.07 bits per heavy atom. The Hall–Kier alpha value is -2.32. The minimum absolute atomic E-state index is 0.00486. The molecule has 8 heteroatoms. The second-order valence-electron chi connectivity index (χ2n) is 7.08. The van der Waals surface area contributed by atoms with Gasteiger partial charge in [-0.15, -0.1) is 0 Å². The van der Waals surface area contributed by atoms with E-state index in [0.717, 1.165) is 43.5 Å². The monoisotopic (exact) mass is 391 g/mol. The summed E-state index contributed by atoms with van der Waals surface area (Å²) in [6.07, 6.45) is 1.81. The van der Waals surface area contributed by atoms with Crippen LogP contribution in [0.3, 0.4) is 0 Å². The molecule has 2 aliphatic heterocycles. The van der Waals surface area contributed by atoms with E-state index in [0.29, 0.717) is 16.9 Å². The normalized spacial score (nSPS) is 24.8. The number of aliphatic imine (C=N–C) groups is 1. The van der Waals surface area contributed by atoms with Crippen LogP contribution in [0.5, 0.6) is 0 Å². The first-order valence-electron chi connectivity index (χ1n) is 9.28. The average Bonchev–Trinajstić information content (AvgIpc) is 3.06. The number of hydrogen-bond donors (Lipinski definition) is 1. The third-order valence-electron chi connectivity index (χ3n) is 5.31. The van der Waals surface area contributed by atoms with Gasteiger partial charge in [0.05, 0.1) is 35.8 Å². The Morgan fingerprint density at radius 2 is 1.86 bits per heavy atom. The molecule has 2 aromatic rings. The van der Waals surface area contributed by atoms with Gasteiger partial charge in [0.1, 0.15) is 12.0 Å². The van der Waals surface area contributed by atoms with E-state index >= 15 is 0 Å². The van der Waals surface area contributed by atoms with Crippen LogP contribution in [0.25, 0.3) is 11.3 Å². The number of rotatable bonds is 3. The highest BCUT2D eigenvalue weighted by molar-refractivity contribution is 5.78. The lowest BCUT2D eigenvalue weighted by molar-refractivity contribution is -0.137. The number of ether oxygens (including phenoxy) is 1. The van der Waals surface area contributed by atoms with Crippen LogP contribution >= 0.6 is 0 Å². The molecule has 0 aliphatic carbocycles. The number of benzene rings is 1. The molecule has 1 aromatic carbocycles. The van der Waals surface area contributed by atoms with E-state index in [4.69, 9.17) is 4.74 Å². The fourth-order valence-electron chi connectivity index (χ4n) is 3.89. The summed E-state index contributed by atoms with van der Waals surface area (Å²) >= 11 is 0. The van der Waals surface area contributed by atoms with E-state index in [9.17, 15) is 18.3 Å². The van der Waals surface area contributed by atoms with Crippen LogP contribution in [0, 0.1) is 0 Å². The summed E-state index contributed by atoms with van der Waals surface area (Å²) < 4.78 is 44.5. The van der Waals surface area contributed by atoms with Crippen molar-refractivity contribution in [1.29, 1.82) is 0 Å². The van der Waals surface area contributed by atoms with Crippen LogP contribution in [0.1, 0.15) is 42.9 Å². The second-order valence-corrected chi connectivity index (χ2v) is 7.08. The van der Waals surface area contributed by atoms with Gasteiger partial charge in [-0.1, -0.05) is 12.1 Å². The van der Waals surface area contributed by atoms with Gasteiger partial charge < -0.3 is 9.84 Å². The fraction of sp³-hybridized carbons (Fsp3) is 0.450. The van der Waals surface area contributed by atoms with Crippen LogP contribution < -0.4 is 0 Å². The molecule has 3 atom stereocenters. The summed E-state index contributed by atoms with van der Waals surface area (Å²) in [6, 6.07) is 4.92. The summed E-state index contributed by atoms with van der Waals surface area (Å²) in [5, 5.41) is 9.35. The van der Waals surface area contributed by atoms with Gasteiger partial charge in [0.2, 0.25) is 0 Å². The molecule has 1 N–H and O–H groups in total. The highest BCUT2D eigenvalue weighted by atomic mass is 19.4. The number of aromatic nitrogens is 2. The molecule has 1 aromatic heterocycles. The van der Waals surface area contributed by atoms with Crippen molar-refractivity contribution in [2.75, 3.05) is 6.61 Å². The third-order valence-corrected chi connectivity index (χ3v) is 5.31. The standard InChI is InChI=1S/C20H20F3N3O2/c21-20(22,23)13-5-3-12(4-6-13)17-19-18(26-11-25-17)15(2-1-9-24-19)16-8-7-14(10-27)28-16/h3-6,9,11,14-16,27H,1-2,7-8,10H2/t14-,15+,16?/m0/s1. The predicted octanol–water partition coefficient (Wildman–Crippen LogP) is 4.28. The number of nitrogens with zero attached hydrogens (tertiary/aromatic N) is 3. The van der Waals surface area contributed by atoms with Gasteiger partial charge >= 0.3 is 6.18 Å². The maximum absolute atomic E-state index is 12.9. The molecule has 0 radical (unpaired) electrons. The zero-order chi connectivity index (χ0) is 19.7. The minimum Gasteiger partial charge on any atom is -0.394 e. The molecule has 1 fully saturated rings. The van der Waals surface area contributed by atoms with Crippen LogP contribution in [0.4, 0.5) is 18.9 Å². The molecule has 1 saturated heterocycles. The number of aliphatic hydroxyl groups excluding tert-OH is 1. The maximum Gasteiger partial charge on any atom is 0.416 e. The molecule has 0 bridgehead atoms. The quantitative estimate of drug-likeness (QED) is 0.848. The Bertz CT molecular complexity index is 868. The summed E-state index contributed by atoms with van der Waals surface area (Å²) in [5.74, 6) is 0.00486. The Labute approximate surface area is 160 Å². The van der Waals surface area contributed by atoms with Crippen molar-refractivity contribution in [3.63, 3.8) is 0 Å². The van der Waals surface area contributed by atoms with E-state index in [2.05, 4.69) is 15.0 Å². The molecule has 4 rings (SSSR count). The van der Waals surface area contributed by atoms with Gasteiger partial charge in [-0.3, -0.25) is 4.99 Å². The summed E-state index contributed by atoms with van der Waals surface area (Å²) in [5.41, 5.74) is 1.71. The van der Waals surface area contributed by atoms with Crippen molar-refractivity contribution in [2.24, 2.45) is 4.99 Å². The molecule has 5 nitrogen and oxygen atoms in total. The molecule has 28 heavy (non-hydrogen) atoms. The Balaban J connectivity index is 1.70. The average molecular weight is 391 g/mol.